The lowest BCUT2D eigenvalue weighted by Crippen LogP contribution is -2.30. The number of hydrogen-bond acceptors (Lipinski definition) is 15. The summed E-state index contributed by atoms with van der Waals surface area (Å²) in [5, 5.41) is 10.7. The van der Waals surface area contributed by atoms with E-state index in [9.17, 15) is 43.2 Å². The average molecular weight is 1520 g/mol. The summed E-state index contributed by atoms with van der Waals surface area (Å²) >= 11 is 0. The van der Waals surface area contributed by atoms with Crippen LogP contribution in [0.15, 0.2) is 0 Å². The number of rotatable bonds is 83. The summed E-state index contributed by atoms with van der Waals surface area (Å²) in [6, 6.07) is 0. The van der Waals surface area contributed by atoms with E-state index in [2.05, 4.69) is 48.5 Å². The topological polar surface area (TPSA) is 237 Å². The van der Waals surface area contributed by atoms with Crippen LogP contribution in [0.4, 0.5) is 0 Å². The number of phosphoric ester groups is 2. The molecule has 0 heterocycles. The van der Waals surface area contributed by atoms with E-state index in [1.54, 1.807) is 0 Å². The number of hydrogen-bond donors (Lipinski definition) is 3. The van der Waals surface area contributed by atoms with Crippen molar-refractivity contribution in [2.75, 3.05) is 39.6 Å². The summed E-state index contributed by atoms with van der Waals surface area (Å²) in [5.41, 5.74) is 0. The third-order valence-electron chi connectivity index (χ3n) is 19.9. The van der Waals surface area contributed by atoms with Crippen molar-refractivity contribution in [1.29, 1.82) is 0 Å². The molecule has 0 aromatic heterocycles. The third kappa shape index (κ3) is 78.2. The molecular formula is C85H166O17P2. The average Bonchev–Trinajstić information content (AvgIpc) is 0.906. The maximum absolute atomic E-state index is 13.1. The van der Waals surface area contributed by atoms with Crippen LogP contribution in [0, 0.1) is 17.8 Å². The SMILES string of the molecule is CCCCCCCCCCCCCCCCCCCCCCCC(=O)O[C@H](COC(=O)CCCCCCCCCCCCCCCCC(C)C)COP(=O)(O)OC[C@@H](O)COP(=O)(O)OC[C@@H](COC(=O)CCCCCCCCC(C)C)OC(=O)CCCCCCCCCCCCCCCCC(C)C. The second-order valence-corrected chi connectivity index (χ2v) is 34.9. The lowest BCUT2D eigenvalue weighted by atomic mass is 10.0. The molecule has 0 saturated heterocycles. The van der Waals surface area contributed by atoms with E-state index in [0.717, 1.165) is 108 Å². The predicted molar refractivity (Wildman–Crippen MR) is 428 cm³/mol. The van der Waals surface area contributed by atoms with Gasteiger partial charge in [-0.1, -0.05) is 395 Å². The molecule has 0 amide bonds. The molecule has 0 bridgehead atoms. The summed E-state index contributed by atoms with van der Waals surface area (Å²) in [5.74, 6) is 0.165. The number of carbonyl (C=O) groups excluding carboxylic acids is 4. The Balaban J connectivity index is 5.21. The Morgan fingerprint density at radius 2 is 0.442 bits per heavy atom. The molecule has 0 rings (SSSR count). The minimum Gasteiger partial charge on any atom is -0.462 e. The Kier molecular flexibility index (Phi) is 73.7. The molecule has 104 heavy (non-hydrogen) atoms. The first-order chi connectivity index (χ1) is 50.2. The van der Waals surface area contributed by atoms with Gasteiger partial charge in [0, 0.05) is 25.7 Å². The number of aliphatic hydroxyl groups is 1. The maximum Gasteiger partial charge on any atom is 0.472 e. The van der Waals surface area contributed by atoms with Crippen molar-refractivity contribution >= 4 is 39.5 Å². The van der Waals surface area contributed by atoms with Gasteiger partial charge in [-0.25, -0.2) is 9.13 Å². The fourth-order valence-electron chi connectivity index (χ4n) is 13.2. The van der Waals surface area contributed by atoms with E-state index < -0.39 is 97.5 Å². The van der Waals surface area contributed by atoms with Crippen LogP contribution in [0.3, 0.4) is 0 Å². The Hall–Kier alpha value is -1.94. The Morgan fingerprint density at radius 1 is 0.260 bits per heavy atom. The van der Waals surface area contributed by atoms with Crippen LogP contribution >= 0.6 is 15.6 Å². The highest BCUT2D eigenvalue weighted by Crippen LogP contribution is 2.45. The second kappa shape index (κ2) is 75.1. The highest BCUT2D eigenvalue weighted by molar-refractivity contribution is 7.47. The van der Waals surface area contributed by atoms with Crippen molar-refractivity contribution in [1.82, 2.24) is 0 Å². The first kappa shape index (κ1) is 102. The Morgan fingerprint density at radius 3 is 0.654 bits per heavy atom. The lowest BCUT2D eigenvalue weighted by molar-refractivity contribution is -0.161. The standard InChI is InChI=1S/C85H166O17P2/c1-8-9-10-11-12-13-14-15-16-17-18-19-20-21-22-30-35-40-45-54-61-68-84(89)101-80(72-95-82(87)66-59-52-44-39-34-29-25-23-27-32-37-42-49-56-63-76(2)3)74-99-103(91,92)97-70-79(86)71-98-104(93,94)100-75-81(73-96-83(88)67-60-53-48-47-51-58-65-78(6)7)102-85(90)69-62-55-46-41-36-31-26-24-28-33-38-43-50-57-64-77(4)5/h76-81,86H,8-75H2,1-7H3,(H,91,92)(H,93,94)/t79-,80-,81-/m1/s1. The fourth-order valence-corrected chi connectivity index (χ4v) is 14.8. The second-order valence-electron chi connectivity index (χ2n) is 32.0. The largest absolute Gasteiger partial charge is 0.472 e. The van der Waals surface area contributed by atoms with Gasteiger partial charge in [0.2, 0.25) is 0 Å². The monoisotopic (exact) mass is 1520 g/mol. The van der Waals surface area contributed by atoms with Gasteiger partial charge in [0.05, 0.1) is 26.4 Å². The molecule has 0 aliphatic carbocycles. The summed E-state index contributed by atoms with van der Waals surface area (Å²) in [6.07, 6.45) is 65.5. The van der Waals surface area contributed by atoms with Gasteiger partial charge in [-0.15, -0.1) is 0 Å². The molecule has 0 saturated carbocycles. The van der Waals surface area contributed by atoms with Crippen LogP contribution in [0.2, 0.25) is 0 Å². The van der Waals surface area contributed by atoms with Crippen LogP contribution in [0.1, 0.15) is 447 Å². The molecule has 0 spiro atoms. The van der Waals surface area contributed by atoms with Gasteiger partial charge >= 0.3 is 39.5 Å². The van der Waals surface area contributed by atoms with Crippen LogP contribution in [0.25, 0.3) is 0 Å². The zero-order valence-electron chi connectivity index (χ0n) is 68.5. The number of aliphatic hydroxyl groups excluding tert-OH is 1. The van der Waals surface area contributed by atoms with Crippen LogP contribution in [-0.2, 0) is 65.4 Å². The summed E-state index contributed by atoms with van der Waals surface area (Å²) < 4.78 is 68.8. The molecule has 2 unspecified atom stereocenters. The highest BCUT2D eigenvalue weighted by atomic mass is 31.2. The van der Waals surface area contributed by atoms with E-state index in [1.807, 2.05) is 0 Å². The molecule has 0 aromatic rings. The Bertz CT molecular complexity index is 2010. The van der Waals surface area contributed by atoms with E-state index in [-0.39, 0.29) is 25.7 Å². The van der Waals surface area contributed by atoms with Crippen molar-refractivity contribution in [3.8, 4) is 0 Å². The van der Waals surface area contributed by atoms with E-state index >= 15 is 0 Å². The van der Waals surface area contributed by atoms with Gasteiger partial charge < -0.3 is 33.8 Å². The molecule has 0 radical (unpaired) electrons. The highest BCUT2D eigenvalue weighted by Gasteiger charge is 2.30. The molecule has 5 atom stereocenters. The molecule has 618 valence electrons. The number of ether oxygens (including phenoxy) is 4. The summed E-state index contributed by atoms with van der Waals surface area (Å²) in [7, 11) is -9.93. The van der Waals surface area contributed by atoms with Gasteiger partial charge in [0.15, 0.2) is 12.2 Å². The smallest absolute Gasteiger partial charge is 0.462 e. The van der Waals surface area contributed by atoms with Crippen LogP contribution in [-0.4, -0.2) is 96.7 Å². The zero-order valence-corrected chi connectivity index (χ0v) is 70.3. The first-order valence-electron chi connectivity index (χ1n) is 43.8. The number of phosphoric acid groups is 2. The fraction of sp³-hybridized carbons (Fsp3) is 0.953. The van der Waals surface area contributed by atoms with Gasteiger partial charge in [0.25, 0.3) is 0 Å². The number of unbranched alkanes of at least 4 members (excludes halogenated alkanes) is 51. The first-order valence-corrected chi connectivity index (χ1v) is 46.8. The molecule has 17 nitrogen and oxygen atoms in total. The predicted octanol–water partition coefficient (Wildman–Crippen LogP) is 25.7. The van der Waals surface area contributed by atoms with Crippen molar-refractivity contribution in [3.05, 3.63) is 0 Å². The third-order valence-corrected chi connectivity index (χ3v) is 21.8. The molecule has 0 aliphatic rings. The van der Waals surface area contributed by atoms with Crippen LogP contribution < -0.4 is 0 Å². The molecule has 3 N–H and O–H groups in total. The molecule has 0 fully saturated rings. The van der Waals surface area contributed by atoms with Gasteiger partial charge in [-0.3, -0.25) is 37.3 Å². The van der Waals surface area contributed by atoms with Crippen molar-refractivity contribution in [2.45, 2.75) is 465 Å². The van der Waals surface area contributed by atoms with Gasteiger partial charge in [-0.05, 0) is 43.4 Å². The molecular weight excluding hydrogens is 1350 g/mol. The quantitative estimate of drug-likeness (QED) is 0.0222. The minimum absolute atomic E-state index is 0.106. The maximum atomic E-state index is 13.1. The molecule has 0 aromatic carbocycles. The number of esters is 4. The van der Waals surface area contributed by atoms with Crippen molar-refractivity contribution in [2.24, 2.45) is 17.8 Å². The lowest BCUT2D eigenvalue weighted by Gasteiger charge is -2.21. The minimum atomic E-state index is -4.97. The zero-order chi connectivity index (χ0) is 76.5. The van der Waals surface area contributed by atoms with Crippen LogP contribution in [0.5, 0.6) is 0 Å². The normalized spacial score (nSPS) is 13.9. The molecule has 19 heteroatoms. The summed E-state index contributed by atoms with van der Waals surface area (Å²) in [4.78, 5) is 73.1. The van der Waals surface area contributed by atoms with E-state index in [0.29, 0.717) is 31.6 Å². The number of carbonyl (C=O) groups is 4. The van der Waals surface area contributed by atoms with E-state index in [4.69, 9.17) is 37.0 Å². The molecule has 0 aliphatic heterocycles. The van der Waals surface area contributed by atoms with Gasteiger partial charge in [-0.2, -0.15) is 0 Å². The Labute approximate surface area is 638 Å². The van der Waals surface area contributed by atoms with Crippen molar-refractivity contribution < 1.29 is 80.2 Å². The summed E-state index contributed by atoms with van der Waals surface area (Å²) in [6.45, 7) is 11.9. The van der Waals surface area contributed by atoms with E-state index in [1.165, 1.54) is 250 Å². The van der Waals surface area contributed by atoms with Crippen molar-refractivity contribution in [3.63, 3.8) is 0 Å². The van der Waals surface area contributed by atoms with Gasteiger partial charge in [0.1, 0.15) is 19.3 Å².